The highest BCUT2D eigenvalue weighted by Gasteiger charge is 2.20. The van der Waals surface area contributed by atoms with Crippen LogP contribution in [-0.4, -0.2) is 25.5 Å². The molecule has 0 aliphatic heterocycles. The van der Waals surface area contributed by atoms with Gasteiger partial charge in [-0.05, 0) is 63.4 Å². The summed E-state index contributed by atoms with van der Waals surface area (Å²) in [6, 6.07) is 10.00. The molecule has 0 saturated heterocycles. The summed E-state index contributed by atoms with van der Waals surface area (Å²) in [6.45, 7) is 9.95. The first-order chi connectivity index (χ1) is 14.8. The molecule has 2 aromatic carbocycles. The molecule has 31 heavy (non-hydrogen) atoms. The van der Waals surface area contributed by atoms with E-state index in [0.29, 0.717) is 11.8 Å². The molecule has 1 atom stereocenters. The van der Waals surface area contributed by atoms with E-state index in [0.717, 1.165) is 38.9 Å². The molecule has 0 saturated carbocycles. The molecule has 4 rings (SSSR count). The van der Waals surface area contributed by atoms with Crippen LogP contribution in [0.25, 0.3) is 22.9 Å². The van der Waals surface area contributed by atoms with Gasteiger partial charge in [-0.1, -0.05) is 29.3 Å². The van der Waals surface area contributed by atoms with Crippen molar-refractivity contribution in [3.8, 4) is 22.9 Å². The van der Waals surface area contributed by atoms with E-state index in [4.69, 9.17) is 13.6 Å². The highest BCUT2D eigenvalue weighted by molar-refractivity contribution is 5.61. The molecule has 0 aliphatic rings. The van der Waals surface area contributed by atoms with Crippen LogP contribution in [0.5, 0.6) is 0 Å². The van der Waals surface area contributed by atoms with Crippen molar-refractivity contribution in [2.45, 2.75) is 47.5 Å². The second-order valence-corrected chi connectivity index (χ2v) is 7.68. The van der Waals surface area contributed by atoms with Crippen LogP contribution in [0, 0.1) is 34.6 Å². The number of aryl methyl sites for hydroxylation is 4. The number of benzene rings is 2. The van der Waals surface area contributed by atoms with Gasteiger partial charge in [0, 0.05) is 11.1 Å². The Balaban J connectivity index is 1.44. The number of rotatable bonds is 6. The average Bonchev–Trinajstić information content (AvgIpc) is 3.39. The monoisotopic (exact) mass is 420 g/mol. The first kappa shape index (κ1) is 20.9. The smallest absolute Gasteiger partial charge is 0.273 e. The van der Waals surface area contributed by atoms with E-state index in [9.17, 15) is 5.11 Å². The first-order valence-corrected chi connectivity index (χ1v) is 9.93. The lowest BCUT2D eigenvalue weighted by Crippen LogP contribution is -2.04. The van der Waals surface area contributed by atoms with Crippen molar-refractivity contribution in [1.82, 2.24) is 20.4 Å². The van der Waals surface area contributed by atoms with Crippen molar-refractivity contribution in [2.24, 2.45) is 0 Å². The molecular weight excluding hydrogens is 396 g/mol. The number of aromatic nitrogens is 4. The molecule has 2 aromatic heterocycles. The Kier molecular flexibility index (Phi) is 5.67. The van der Waals surface area contributed by atoms with Gasteiger partial charge < -0.3 is 18.7 Å². The Hall–Kier alpha value is -3.36. The summed E-state index contributed by atoms with van der Waals surface area (Å²) in [4.78, 5) is 0. The van der Waals surface area contributed by atoms with Gasteiger partial charge in [0.15, 0.2) is 0 Å². The molecule has 0 fully saturated rings. The molecule has 160 valence electrons. The topological polar surface area (TPSA) is 107 Å². The van der Waals surface area contributed by atoms with Crippen LogP contribution in [0.3, 0.4) is 0 Å². The van der Waals surface area contributed by atoms with Gasteiger partial charge in [-0.25, -0.2) is 0 Å². The van der Waals surface area contributed by atoms with E-state index < -0.39 is 6.29 Å². The zero-order valence-electron chi connectivity index (χ0n) is 18.1. The first-order valence-electron chi connectivity index (χ1n) is 9.93. The van der Waals surface area contributed by atoms with Crippen LogP contribution in [0.2, 0.25) is 0 Å². The summed E-state index contributed by atoms with van der Waals surface area (Å²) >= 11 is 0. The van der Waals surface area contributed by atoms with E-state index in [2.05, 4.69) is 26.5 Å². The lowest BCUT2D eigenvalue weighted by molar-refractivity contribution is -0.131. The van der Waals surface area contributed by atoms with Crippen molar-refractivity contribution in [3.05, 3.63) is 69.9 Å². The molecule has 0 aliphatic carbocycles. The Morgan fingerprint density at radius 1 is 0.806 bits per heavy atom. The Morgan fingerprint density at radius 2 is 1.52 bits per heavy atom. The lowest BCUT2D eigenvalue weighted by atomic mass is 10.0. The molecule has 2 heterocycles. The molecule has 0 amide bonds. The minimum absolute atomic E-state index is 0.0418. The van der Waals surface area contributed by atoms with E-state index in [1.807, 2.05) is 58.9 Å². The molecule has 8 nitrogen and oxygen atoms in total. The maximum atomic E-state index is 10.3. The van der Waals surface area contributed by atoms with Gasteiger partial charge in [-0.2, -0.15) is 0 Å². The maximum absolute atomic E-state index is 10.3. The Labute approximate surface area is 179 Å². The fourth-order valence-corrected chi connectivity index (χ4v) is 3.40. The van der Waals surface area contributed by atoms with Crippen molar-refractivity contribution in [1.29, 1.82) is 0 Å². The van der Waals surface area contributed by atoms with Gasteiger partial charge in [0.2, 0.25) is 24.0 Å². The maximum Gasteiger partial charge on any atom is 0.273 e. The average molecular weight is 420 g/mol. The molecule has 1 unspecified atom stereocenters. The van der Waals surface area contributed by atoms with Gasteiger partial charge in [0.05, 0.1) is 0 Å². The minimum Gasteiger partial charge on any atom is -0.418 e. The number of hydrogen-bond donors (Lipinski definition) is 1. The van der Waals surface area contributed by atoms with Crippen LogP contribution in [-0.2, 0) is 11.3 Å². The van der Waals surface area contributed by atoms with Crippen molar-refractivity contribution in [2.75, 3.05) is 0 Å². The van der Waals surface area contributed by atoms with E-state index in [-0.39, 0.29) is 18.4 Å². The third-order valence-electron chi connectivity index (χ3n) is 5.14. The minimum atomic E-state index is -1.41. The third kappa shape index (κ3) is 4.40. The SMILES string of the molecule is Cc1ccc(-c2nnc(C(O)OCc3nnc(-c4cc(C)cc(C)c4C)o3)o2)c(C)c1. The predicted molar refractivity (Wildman–Crippen MR) is 113 cm³/mol. The van der Waals surface area contributed by atoms with Gasteiger partial charge in [0.25, 0.3) is 5.89 Å². The van der Waals surface area contributed by atoms with Crippen LogP contribution in [0.15, 0.2) is 39.2 Å². The van der Waals surface area contributed by atoms with Gasteiger partial charge in [-0.15, -0.1) is 20.4 Å². The van der Waals surface area contributed by atoms with Gasteiger partial charge >= 0.3 is 0 Å². The molecule has 0 spiro atoms. The Morgan fingerprint density at radius 3 is 2.29 bits per heavy atom. The summed E-state index contributed by atoms with van der Waals surface area (Å²) < 4.78 is 16.7. The molecular formula is C23H24N4O4. The molecule has 0 bridgehead atoms. The van der Waals surface area contributed by atoms with E-state index >= 15 is 0 Å². The van der Waals surface area contributed by atoms with Crippen molar-refractivity contribution < 1.29 is 18.7 Å². The fraction of sp³-hybridized carbons (Fsp3) is 0.304. The van der Waals surface area contributed by atoms with Crippen LogP contribution < -0.4 is 0 Å². The third-order valence-corrected chi connectivity index (χ3v) is 5.14. The number of aliphatic hydroxyl groups is 1. The summed E-state index contributed by atoms with van der Waals surface area (Å²) in [5.41, 5.74) is 7.17. The van der Waals surface area contributed by atoms with Crippen molar-refractivity contribution in [3.63, 3.8) is 0 Å². The quantitative estimate of drug-likeness (QED) is 0.453. The molecule has 0 radical (unpaired) electrons. The van der Waals surface area contributed by atoms with Crippen LogP contribution >= 0.6 is 0 Å². The van der Waals surface area contributed by atoms with E-state index in [1.165, 1.54) is 0 Å². The normalized spacial score (nSPS) is 12.3. The van der Waals surface area contributed by atoms with E-state index in [1.54, 1.807) is 0 Å². The summed E-state index contributed by atoms with van der Waals surface area (Å²) in [5, 5.41) is 26.3. The summed E-state index contributed by atoms with van der Waals surface area (Å²) in [6.07, 6.45) is -1.41. The molecule has 4 aromatic rings. The summed E-state index contributed by atoms with van der Waals surface area (Å²) in [5.74, 6) is 0.925. The summed E-state index contributed by atoms with van der Waals surface area (Å²) in [7, 11) is 0. The second kappa shape index (κ2) is 8.41. The standard InChI is InChI=1S/C23H24N4O4/c1-12-6-7-17(15(4)8-12)20-26-27-22(31-20)23(28)29-11-19-24-25-21(30-19)18-10-13(2)9-14(3)16(18)5/h6-10,23,28H,11H2,1-5H3. The predicted octanol–water partition coefficient (Wildman–Crippen LogP) is 4.54. The highest BCUT2D eigenvalue weighted by Crippen LogP contribution is 2.28. The number of aliphatic hydroxyl groups excluding tert-OH is 1. The van der Waals surface area contributed by atoms with Gasteiger partial charge in [0.1, 0.15) is 6.61 Å². The largest absolute Gasteiger partial charge is 0.418 e. The molecule has 8 heteroatoms. The number of hydrogen-bond acceptors (Lipinski definition) is 8. The van der Waals surface area contributed by atoms with Crippen LogP contribution in [0.4, 0.5) is 0 Å². The van der Waals surface area contributed by atoms with Gasteiger partial charge in [-0.3, -0.25) is 0 Å². The van der Waals surface area contributed by atoms with Crippen molar-refractivity contribution >= 4 is 0 Å². The lowest BCUT2D eigenvalue weighted by Gasteiger charge is -2.07. The number of ether oxygens (including phenoxy) is 1. The Bertz CT molecular complexity index is 1230. The second-order valence-electron chi connectivity index (χ2n) is 7.68. The fourth-order valence-electron chi connectivity index (χ4n) is 3.40. The zero-order valence-corrected chi connectivity index (χ0v) is 18.1. The molecule has 1 N–H and O–H groups in total. The highest BCUT2D eigenvalue weighted by atomic mass is 16.6. The zero-order chi connectivity index (χ0) is 22.1. The van der Waals surface area contributed by atoms with Crippen LogP contribution in [0.1, 0.15) is 45.9 Å². The number of nitrogens with zero attached hydrogens (tertiary/aromatic N) is 4.